The van der Waals surface area contributed by atoms with E-state index in [0.717, 1.165) is 50.8 Å². The van der Waals surface area contributed by atoms with Crippen molar-refractivity contribution in [3.8, 4) is 33.4 Å². The molecule has 1 aromatic heterocycles. The molecule has 0 amide bonds. The van der Waals surface area contributed by atoms with Gasteiger partial charge in [-0.1, -0.05) is 134 Å². The van der Waals surface area contributed by atoms with Crippen LogP contribution >= 0.6 is 0 Å². The Hall–Kier alpha value is -5.86. The molecule has 0 radical (unpaired) electrons. The molecule has 7 aromatic carbocycles. The summed E-state index contributed by atoms with van der Waals surface area (Å²) in [6.45, 7) is 0. The summed E-state index contributed by atoms with van der Waals surface area (Å²) >= 11 is 0. The molecule has 2 heteroatoms. The lowest BCUT2D eigenvalue weighted by Gasteiger charge is -2.42. The monoisotopic (exact) mass is 671 g/mol. The minimum absolute atomic E-state index is 0.699. The van der Waals surface area contributed by atoms with Crippen LogP contribution in [-0.2, 0) is 0 Å². The topological polar surface area (TPSA) is 16.4 Å². The smallest absolute Gasteiger partial charge is 0.137 e. The highest BCUT2D eigenvalue weighted by molar-refractivity contribution is 6.06. The van der Waals surface area contributed by atoms with Gasteiger partial charge in [-0.3, -0.25) is 0 Å². The maximum atomic E-state index is 6.40. The molecular formula is C50H41NO. The Morgan fingerprint density at radius 3 is 1.65 bits per heavy atom. The maximum absolute atomic E-state index is 6.40. The first-order valence-corrected chi connectivity index (χ1v) is 18.9. The first-order valence-electron chi connectivity index (χ1n) is 18.9. The van der Waals surface area contributed by atoms with Gasteiger partial charge in [0.2, 0.25) is 0 Å². The van der Waals surface area contributed by atoms with Gasteiger partial charge >= 0.3 is 0 Å². The summed E-state index contributed by atoms with van der Waals surface area (Å²) in [7, 11) is 0. The number of hydrogen-bond acceptors (Lipinski definition) is 2. The van der Waals surface area contributed by atoms with Crippen molar-refractivity contribution < 1.29 is 4.42 Å². The predicted molar refractivity (Wildman–Crippen MR) is 218 cm³/mol. The molecule has 3 fully saturated rings. The number of rotatable bonds is 7. The highest BCUT2D eigenvalue weighted by Gasteiger charge is 2.36. The third-order valence-corrected chi connectivity index (χ3v) is 11.9. The predicted octanol–water partition coefficient (Wildman–Crippen LogP) is 14.4. The Balaban J connectivity index is 1.09. The quantitative estimate of drug-likeness (QED) is 0.168. The molecule has 8 aromatic rings. The first-order chi connectivity index (χ1) is 25.8. The zero-order valence-electron chi connectivity index (χ0n) is 29.3. The standard InChI is InChI=1S/C50H41NO/c1-3-10-35(11-4-1)43-15-9-16-44(36-12-5-2-6-13-36)50(43)39-24-28-41(29-25-39)51(42-30-31-46-45-14-7-8-17-48(45)52-49(46)33-42)40-26-22-38(23-27-40)47-32-34-18-20-37(47)21-19-34/h1-17,22-31,33-34,37,47H,18-21,32H2. The number of fused-ring (bicyclic) bond motifs is 6. The van der Waals surface area contributed by atoms with Crippen LogP contribution in [0.25, 0.3) is 55.3 Å². The molecule has 0 aliphatic heterocycles. The summed E-state index contributed by atoms with van der Waals surface area (Å²) in [6, 6.07) is 61.8. The number of para-hydroxylation sites is 1. The lowest BCUT2D eigenvalue weighted by Crippen LogP contribution is -2.29. The van der Waals surface area contributed by atoms with Crippen LogP contribution in [0, 0.1) is 11.8 Å². The molecule has 3 aliphatic carbocycles. The van der Waals surface area contributed by atoms with Crippen LogP contribution in [0.3, 0.4) is 0 Å². The van der Waals surface area contributed by atoms with E-state index in [1.165, 1.54) is 71.0 Å². The SMILES string of the molecule is c1ccc(-c2cccc(-c3ccccc3)c2-c2ccc(N(c3ccc(C4CC5CCC4CC5)cc3)c3ccc4c(c3)oc3ccccc34)cc2)cc1. The van der Waals surface area contributed by atoms with E-state index < -0.39 is 0 Å². The van der Waals surface area contributed by atoms with Crippen molar-refractivity contribution in [1.29, 1.82) is 0 Å². The summed E-state index contributed by atoms with van der Waals surface area (Å²) in [4.78, 5) is 2.38. The second-order valence-corrected chi connectivity index (χ2v) is 14.8. The third-order valence-electron chi connectivity index (χ3n) is 11.9. The Kier molecular flexibility index (Phi) is 7.75. The van der Waals surface area contributed by atoms with Gasteiger partial charge in [0.1, 0.15) is 11.2 Å². The van der Waals surface area contributed by atoms with Crippen LogP contribution in [0.2, 0.25) is 0 Å². The van der Waals surface area contributed by atoms with Crippen LogP contribution in [0.1, 0.15) is 43.6 Å². The van der Waals surface area contributed by atoms with Gasteiger partial charge in [-0.15, -0.1) is 0 Å². The number of nitrogens with zero attached hydrogens (tertiary/aromatic N) is 1. The number of benzene rings is 7. The lowest BCUT2D eigenvalue weighted by atomic mass is 9.63. The molecule has 52 heavy (non-hydrogen) atoms. The molecule has 0 N–H and O–H groups in total. The van der Waals surface area contributed by atoms with E-state index in [9.17, 15) is 0 Å². The second-order valence-electron chi connectivity index (χ2n) is 14.8. The zero-order valence-corrected chi connectivity index (χ0v) is 29.3. The van der Waals surface area contributed by atoms with Crippen molar-refractivity contribution in [1.82, 2.24) is 0 Å². The van der Waals surface area contributed by atoms with Gasteiger partial charge in [0.25, 0.3) is 0 Å². The summed E-state index contributed by atoms with van der Waals surface area (Å²) in [5.74, 6) is 2.45. The molecule has 1 heterocycles. The fraction of sp³-hybridized carbons (Fsp3) is 0.160. The maximum Gasteiger partial charge on any atom is 0.137 e. The average molecular weight is 672 g/mol. The van der Waals surface area contributed by atoms with Crippen LogP contribution in [0.4, 0.5) is 17.1 Å². The Morgan fingerprint density at radius 1 is 0.442 bits per heavy atom. The molecule has 3 aliphatic rings. The number of furan rings is 1. The van der Waals surface area contributed by atoms with Crippen molar-refractivity contribution in [3.05, 3.63) is 175 Å². The van der Waals surface area contributed by atoms with Gasteiger partial charge in [-0.25, -0.2) is 0 Å². The fourth-order valence-electron chi connectivity index (χ4n) is 9.31. The lowest BCUT2D eigenvalue weighted by molar-refractivity contribution is 0.145. The molecule has 1 atom stereocenters. The minimum atomic E-state index is 0.699. The molecule has 2 nitrogen and oxygen atoms in total. The van der Waals surface area contributed by atoms with E-state index in [2.05, 4.69) is 169 Å². The van der Waals surface area contributed by atoms with Gasteiger partial charge in [-0.05, 0) is 118 Å². The molecule has 252 valence electrons. The zero-order chi connectivity index (χ0) is 34.4. The molecule has 11 rings (SSSR count). The van der Waals surface area contributed by atoms with Crippen molar-refractivity contribution in [3.63, 3.8) is 0 Å². The number of hydrogen-bond donors (Lipinski definition) is 0. The summed E-state index contributed by atoms with van der Waals surface area (Å²) in [6.07, 6.45) is 7.00. The Labute approximate surface area is 306 Å². The highest BCUT2D eigenvalue weighted by Crippen LogP contribution is 2.50. The summed E-state index contributed by atoms with van der Waals surface area (Å²) in [5.41, 5.74) is 14.0. The van der Waals surface area contributed by atoms with Crippen molar-refractivity contribution >= 4 is 39.0 Å². The Morgan fingerprint density at radius 2 is 1.02 bits per heavy atom. The van der Waals surface area contributed by atoms with E-state index in [4.69, 9.17) is 4.42 Å². The van der Waals surface area contributed by atoms with Crippen LogP contribution in [0.15, 0.2) is 174 Å². The molecule has 2 bridgehead atoms. The van der Waals surface area contributed by atoms with E-state index in [1.807, 2.05) is 6.07 Å². The van der Waals surface area contributed by atoms with Gasteiger partial charge in [0.05, 0.1) is 0 Å². The summed E-state index contributed by atoms with van der Waals surface area (Å²) < 4.78 is 6.40. The van der Waals surface area contributed by atoms with Gasteiger partial charge in [0, 0.05) is 33.9 Å². The fourth-order valence-corrected chi connectivity index (χ4v) is 9.31. The van der Waals surface area contributed by atoms with Gasteiger partial charge in [0.15, 0.2) is 0 Å². The Bertz CT molecular complexity index is 2430. The highest BCUT2D eigenvalue weighted by atomic mass is 16.3. The average Bonchev–Trinajstić information content (AvgIpc) is 3.60. The van der Waals surface area contributed by atoms with Crippen LogP contribution in [0.5, 0.6) is 0 Å². The van der Waals surface area contributed by atoms with Crippen LogP contribution < -0.4 is 4.90 Å². The minimum Gasteiger partial charge on any atom is -0.456 e. The third kappa shape index (κ3) is 5.51. The molecular weight excluding hydrogens is 631 g/mol. The van der Waals surface area contributed by atoms with E-state index in [-0.39, 0.29) is 0 Å². The van der Waals surface area contributed by atoms with E-state index in [0.29, 0.717) is 5.92 Å². The second kappa shape index (κ2) is 13.0. The van der Waals surface area contributed by atoms with Gasteiger partial charge < -0.3 is 9.32 Å². The largest absolute Gasteiger partial charge is 0.456 e. The molecule has 0 spiro atoms. The van der Waals surface area contributed by atoms with Crippen molar-refractivity contribution in [2.24, 2.45) is 11.8 Å². The van der Waals surface area contributed by atoms with Crippen LogP contribution in [-0.4, -0.2) is 0 Å². The molecule has 3 saturated carbocycles. The number of anilines is 3. The van der Waals surface area contributed by atoms with E-state index in [1.54, 1.807) is 0 Å². The van der Waals surface area contributed by atoms with Gasteiger partial charge in [-0.2, -0.15) is 0 Å². The normalized spacial score (nSPS) is 18.2. The first kappa shape index (κ1) is 30.9. The van der Waals surface area contributed by atoms with Crippen molar-refractivity contribution in [2.75, 3.05) is 4.90 Å². The van der Waals surface area contributed by atoms with Crippen molar-refractivity contribution in [2.45, 2.75) is 38.0 Å². The molecule has 0 saturated heterocycles. The summed E-state index contributed by atoms with van der Waals surface area (Å²) in [5, 5.41) is 2.29. The molecule has 1 unspecified atom stereocenters. The van der Waals surface area contributed by atoms with E-state index >= 15 is 0 Å².